The summed E-state index contributed by atoms with van der Waals surface area (Å²) in [6.07, 6.45) is 10.9. The zero-order valence-electron chi connectivity index (χ0n) is 13.7. The van der Waals surface area contributed by atoms with Crippen LogP contribution >= 0.6 is 12.6 Å². The fourth-order valence-corrected chi connectivity index (χ4v) is 7.37. The van der Waals surface area contributed by atoms with E-state index in [9.17, 15) is 10.2 Å². The number of aliphatic hydroxyl groups is 2. The summed E-state index contributed by atoms with van der Waals surface area (Å²) in [7, 11) is 0. The second kappa shape index (κ2) is 5.26. The Balaban J connectivity index is 1.70. The molecule has 3 saturated carbocycles. The molecular formula is C19H30O2S. The molecule has 0 heterocycles. The van der Waals surface area contributed by atoms with Crippen molar-refractivity contribution in [1.82, 2.24) is 0 Å². The number of hydrogen-bond donors (Lipinski definition) is 3. The van der Waals surface area contributed by atoms with Crippen molar-refractivity contribution in [3.8, 4) is 0 Å². The predicted octanol–water partition coefficient (Wildman–Crippen LogP) is 3.58. The van der Waals surface area contributed by atoms with Crippen molar-refractivity contribution >= 4 is 12.6 Å². The van der Waals surface area contributed by atoms with E-state index in [1.807, 2.05) is 0 Å². The van der Waals surface area contributed by atoms with Crippen LogP contribution in [0.2, 0.25) is 0 Å². The minimum Gasteiger partial charge on any atom is -0.393 e. The Bertz CT molecular complexity index is 490. The number of allylic oxidation sites excluding steroid dienone is 1. The summed E-state index contributed by atoms with van der Waals surface area (Å²) in [6.45, 7) is 2.34. The highest BCUT2D eigenvalue weighted by Gasteiger charge is 2.59. The molecule has 2 nitrogen and oxygen atoms in total. The van der Waals surface area contributed by atoms with Crippen LogP contribution in [0.3, 0.4) is 0 Å². The molecule has 0 aromatic heterocycles. The van der Waals surface area contributed by atoms with Crippen LogP contribution in [0.5, 0.6) is 0 Å². The summed E-state index contributed by atoms with van der Waals surface area (Å²) in [4.78, 5) is 0. The number of aliphatic hydroxyl groups excluding tert-OH is 2. The van der Waals surface area contributed by atoms with E-state index in [0.717, 1.165) is 43.3 Å². The Kier molecular flexibility index (Phi) is 3.71. The van der Waals surface area contributed by atoms with E-state index in [4.69, 9.17) is 12.6 Å². The predicted molar refractivity (Wildman–Crippen MR) is 91.9 cm³/mol. The highest BCUT2D eigenvalue weighted by Crippen LogP contribution is 2.65. The minimum absolute atomic E-state index is 0.0875. The van der Waals surface area contributed by atoms with E-state index >= 15 is 0 Å². The van der Waals surface area contributed by atoms with Gasteiger partial charge in [-0.05, 0) is 80.3 Å². The number of fused-ring (bicyclic) bond motifs is 5. The molecule has 0 spiro atoms. The van der Waals surface area contributed by atoms with Crippen molar-refractivity contribution in [2.45, 2.75) is 70.5 Å². The van der Waals surface area contributed by atoms with Crippen LogP contribution in [0.4, 0.5) is 0 Å². The summed E-state index contributed by atoms with van der Waals surface area (Å²) >= 11 is 4.79. The molecule has 2 N–H and O–H groups in total. The molecule has 4 rings (SSSR count). The highest BCUT2D eigenvalue weighted by molar-refractivity contribution is 7.80. The lowest BCUT2D eigenvalue weighted by atomic mass is 9.47. The fraction of sp³-hybridized carbons (Fsp3) is 0.895. The molecule has 0 bridgehead atoms. The van der Waals surface area contributed by atoms with Crippen molar-refractivity contribution in [3.63, 3.8) is 0 Å². The minimum atomic E-state index is -0.235. The summed E-state index contributed by atoms with van der Waals surface area (Å²) in [5, 5.41) is 20.5. The molecule has 0 aliphatic heterocycles. The molecule has 0 saturated heterocycles. The van der Waals surface area contributed by atoms with Gasteiger partial charge in [0.1, 0.15) is 0 Å². The first kappa shape index (κ1) is 15.5. The molecule has 3 heteroatoms. The van der Waals surface area contributed by atoms with E-state index < -0.39 is 0 Å². The second-order valence-corrected chi connectivity index (χ2v) is 8.98. The van der Waals surface area contributed by atoms with Gasteiger partial charge in [0.25, 0.3) is 0 Å². The van der Waals surface area contributed by atoms with E-state index in [1.165, 1.54) is 31.3 Å². The Morgan fingerprint density at radius 1 is 1.09 bits per heavy atom. The lowest BCUT2D eigenvalue weighted by molar-refractivity contribution is -0.0748. The quantitative estimate of drug-likeness (QED) is 0.510. The largest absolute Gasteiger partial charge is 0.393 e. The van der Waals surface area contributed by atoms with Crippen LogP contribution in [0.1, 0.15) is 58.3 Å². The van der Waals surface area contributed by atoms with Gasteiger partial charge in [0, 0.05) is 5.41 Å². The molecule has 22 heavy (non-hydrogen) atoms. The molecule has 3 fully saturated rings. The summed E-state index contributed by atoms with van der Waals surface area (Å²) in [5.74, 6) is 3.11. The molecule has 0 radical (unpaired) electrons. The highest BCUT2D eigenvalue weighted by atomic mass is 32.1. The lowest BCUT2D eigenvalue weighted by Crippen LogP contribution is -2.53. The Morgan fingerprint density at radius 2 is 1.91 bits per heavy atom. The van der Waals surface area contributed by atoms with Gasteiger partial charge in [-0.15, -0.1) is 0 Å². The van der Waals surface area contributed by atoms with Crippen LogP contribution in [0, 0.1) is 28.6 Å². The van der Waals surface area contributed by atoms with Crippen molar-refractivity contribution in [2.75, 3.05) is 5.75 Å². The molecule has 7 atom stereocenters. The zero-order chi connectivity index (χ0) is 15.5. The van der Waals surface area contributed by atoms with E-state index in [1.54, 1.807) is 0 Å². The van der Waals surface area contributed by atoms with Gasteiger partial charge in [-0.3, -0.25) is 0 Å². The van der Waals surface area contributed by atoms with Gasteiger partial charge >= 0.3 is 0 Å². The zero-order valence-corrected chi connectivity index (χ0v) is 14.6. The molecule has 0 aromatic carbocycles. The van der Waals surface area contributed by atoms with Crippen LogP contribution < -0.4 is 0 Å². The molecule has 0 aromatic rings. The maximum Gasteiger partial charge on any atom is 0.0724 e. The van der Waals surface area contributed by atoms with Crippen LogP contribution in [-0.4, -0.2) is 28.2 Å². The standard InChI is InChI=1S/C19H30O2S/c1-18-8-7-16-14(15(18)4-5-17(18)21)3-2-12-10-13(20)6-9-19(12,16)11-22/h10,13-17,20-22H,2-9,11H2,1H3/t13-,14+,15+,16+,17+,18+,19-/m1/s1. The van der Waals surface area contributed by atoms with Gasteiger partial charge < -0.3 is 10.2 Å². The molecule has 124 valence electrons. The third kappa shape index (κ3) is 1.94. The molecular weight excluding hydrogens is 292 g/mol. The lowest BCUT2D eigenvalue weighted by Gasteiger charge is -2.59. The van der Waals surface area contributed by atoms with Crippen molar-refractivity contribution in [3.05, 3.63) is 11.6 Å². The fourth-order valence-electron chi connectivity index (χ4n) is 6.77. The Morgan fingerprint density at radius 3 is 2.68 bits per heavy atom. The second-order valence-electron chi connectivity index (χ2n) is 8.67. The number of rotatable bonds is 1. The van der Waals surface area contributed by atoms with Crippen LogP contribution in [0.25, 0.3) is 0 Å². The summed E-state index contributed by atoms with van der Waals surface area (Å²) in [6, 6.07) is 0. The maximum absolute atomic E-state index is 10.5. The first-order chi connectivity index (χ1) is 10.5. The van der Waals surface area contributed by atoms with Gasteiger partial charge in [-0.25, -0.2) is 0 Å². The monoisotopic (exact) mass is 322 g/mol. The van der Waals surface area contributed by atoms with Gasteiger partial charge in [0.15, 0.2) is 0 Å². The normalized spacial score (nSPS) is 54.2. The Labute approximate surface area is 139 Å². The van der Waals surface area contributed by atoms with E-state index in [0.29, 0.717) is 5.92 Å². The van der Waals surface area contributed by atoms with Gasteiger partial charge in [0.2, 0.25) is 0 Å². The van der Waals surface area contributed by atoms with Crippen molar-refractivity contribution in [2.24, 2.45) is 28.6 Å². The van der Waals surface area contributed by atoms with Gasteiger partial charge in [-0.2, -0.15) is 12.6 Å². The van der Waals surface area contributed by atoms with Gasteiger partial charge in [0.05, 0.1) is 12.2 Å². The summed E-state index contributed by atoms with van der Waals surface area (Å²) < 4.78 is 0. The van der Waals surface area contributed by atoms with E-state index in [2.05, 4.69) is 13.0 Å². The first-order valence-electron chi connectivity index (χ1n) is 9.19. The third-order valence-corrected chi connectivity index (χ3v) is 8.61. The van der Waals surface area contributed by atoms with Crippen LogP contribution in [-0.2, 0) is 0 Å². The average Bonchev–Trinajstić information content (AvgIpc) is 2.82. The molecule has 0 unspecified atom stereocenters. The number of thiol groups is 1. The topological polar surface area (TPSA) is 40.5 Å². The Hall–Kier alpha value is 0.01000. The first-order valence-corrected chi connectivity index (χ1v) is 9.83. The van der Waals surface area contributed by atoms with Crippen LogP contribution in [0.15, 0.2) is 11.6 Å². The van der Waals surface area contributed by atoms with Crippen molar-refractivity contribution in [1.29, 1.82) is 0 Å². The molecule has 4 aliphatic rings. The van der Waals surface area contributed by atoms with Gasteiger partial charge in [-0.1, -0.05) is 18.6 Å². The summed E-state index contributed by atoms with van der Waals surface area (Å²) in [5.41, 5.74) is 1.90. The smallest absolute Gasteiger partial charge is 0.0724 e. The number of hydrogen-bond acceptors (Lipinski definition) is 3. The third-order valence-electron chi connectivity index (χ3n) is 8.05. The molecule has 4 aliphatic carbocycles. The van der Waals surface area contributed by atoms with E-state index in [-0.39, 0.29) is 23.0 Å². The van der Waals surface area contributed by atoms with Crippen molar-refractivity contribution < 1.29 is 10.2 Å². The maximum atomic E-state index is 10.5. The molecule has 0 amide bonds. The SMILES string of the molecule is C[C@]12CC[C@H]3[C@@H](CCC4=C[C@H](O)CC[C@@]43CS)[C@@H]1CC[C@@H]2O. The average molecular weight is 323 g/mol.